The molecule has 10 heteroatoms. The van der Waals surface area contributed by atoms with Crippen LogP contribution in [0.1, 0.15) is 226 Å². The number of unbranched alkanes of at least 4 members (excludes halogenated alkanes) is 23. The minimum atomic E-state index is -4.39. The first kappa shape index (κ1) is 61.5. The molecule has 0 bridgehead atoms. The highest BCUT2D eigenvalue weighted by Crippen LogP contribution is 2.43. The van der Waals surface area contributed by atoms with Crippen molar-refractivity contribution in [2.24, 2.45) is 5.73 Å². The number of rotatable bonds is 48. The van der Waals surface area contributed by atoms with E-state index in [-0.39, 0.29) is 38.6 Å². The normalized spacial score (nSPS) is 13.8. The van der Waals surface area contributed by atoms with E-state index >= 15 is 0 Å². The summed E-state index contributed by atoms with van der Waals surface area (Å²) in [5.74, 6) is -0.838. The monoisotopic (exact) mass is 918 g/mol. The Balaban J connectivity index is 4.05. The lowest BCUT2D eigenvalue weighted by Crippen LogP contribution is -2.29. The molecule has 0 aliphatic rings. The Morgan fingerprint density at radius 1 is 0.484 bits per heavy atom. The van der Waals surface area contributed by atoms with Crippen molar-refractivity contribution >= 4 is 19.8 Å². The molecule has 9 nitrogen and oxygen atoms in total. The maximum absolute atomic E-state index is 12.7. The quantitative estimate of drug-likeness (QED) is 0.0265. The maximum Gasteiger partial charge on any atom is 0.472 e. The van der Waals surface area contributed by atoms with Gasteiger partial charge in [-0.1, -0.05) is 202 Å². The van der Waals surface area contributed by atoms with Crippen LogP contribution >= 0.6 is 7.82 Å². The Morgan fingerprint density at radius 2 is 0.859 bits per heavy atom. The van der Waals surface area contributed by atoms with Crippen molar-refractivity contribution in [3.63, 3.8) is 0 Å². The van der Waals surface area contributed by atoms with Gasteiger partial charge in [0.2, 0.25) is 0 Å². The summed E-state index contributed by atoms with van der Waals surface area (Å²) in [5.41, 5.74) is 5.37. The van der Waals surface area contributed by atoms with Crippen molar-refractivity contribution in [2.75, 3.05) is 26.4 Å². The van der Waals surface area contributed by atoms with E-state index in [0.29, 0.717) is 6.42 Å². The van der Waals surface area contributed by atoms with E-state index in [4.69, 9.17) is 24.3 Å². The number of phosphoric ester groups is 1. The van der Waals surface area contributed by atoms with E-state index < -0.39 is 26.5 Å². The number of ether oxygens (including phenoxy) is 2. The Hall–Kier alpha value is -2.55. The van der Waals surface area contributed by atoms with Gasteiger partial charge < -0.3 is 20.1 Å². The molecule has 370 valence electrons. The van der Waals surface area contributed by atoms with Gasteiger partial charge in [0.15, 0.2) is 6.10 Å². The second kappa shape index (κ2) is 49.9. The molecule has 3 N–H and O–H groups in total. The van der Waals surface area contributed by atoms with Crippen molar-refractivity contribution in [1.82, 2.24) is 0 Å². The molecule has 0 aromatic carbocycles. The van der Waals surface area contributed by atoms with Crippen LogP contribution in [0.4, 0.5) is 0 Å². The van der Waals surface area contributed by atoms with Crippen molar-refractivity contribution in [1.29, 1.82) is 0 Å². The summed E-state index contributed by atoms with van der Waals surface area (Å²) in [6.07, 6.45) is 62.2. The van der Waals surface area contributed by atoms with Crippen molar-refractivity contribution in [3.05, 3.63) is 72.9 Å². The van der Waals surface area contributed by atoms with E-state index in [1.165, 1.54) is 109 Å². The summed E-state index contributed by atoms with van der Waals surface area (Å²) in [7, 11) is -4.39. The van der Waals surface area contributed by atoms with E-state index in [0.717, 1.165) is 83.5 Å². The predicted molar refractivity (Wildman–Crippen MR) is 270 cm³/mol. The molecule has 0 fully saturated rings. The second-order valence-corrected chi connectivity index (χ2v) is 18.5. The third-order valence-corrected chi connectivity index (χ3v) is 11.8. The van der Waals surface area contributed by atoms with Crippen LogP contribution in [0, 0.1) is 0 Å². The topological polar surface area (TPSA) is 134 Å². The lowest BCUT2D eigenvalue weighted by molar-refractivity contribution is -0.161. The van der Waals surface area contributed by atoms with Crippen LogP contribution in [0.3, 0.4) is 0 Å². The first-order chi connectivity index (χ1) is 31.3. The zero-order valence-corrected chi connectivity index (χ0v) is 41.9. The molecule has 2 unspecified atom stereocenters. The average Bonchev–Trinajstić information content (AvgIpc) is 3.28. The molecule has 0 aliphatic heterocycles. The van der Waals surface area contributed by atoms with Gasteiger partial charge in [0.25, 0.3) is 0 Å². The number of esters is 2. The first-order valence-corrected chi connectivity index (χ1v) is 27.4. The van der Waals surface area contributed by atoms with Gasteiger partial charge in [0.05, 0.1) is 13.2 Å². The summed E-state index contributed by atoms with van der Waals surface area (Å²) in [5, 5.41) is 0. The fraction of sp³-hybridized carbons (Fsp3) is 0.741. The van der Waals surface area contributed by atoms with Gasteiger partial charge in [-0.25, -0.2) is 4.57 Å². The Labute approximate surface area is 392 Å². The molecule has 0 saturated carbocycles. The molecular formula is C54H96NO8P. The number of hydrogen-bond acceptors (Lipinski definition) is 8. The number of carbonyl (C=O) groups excluding carboxylic acids is 2. The van der Waals surface area contributed by atoms with Gasteiger partial charge in [0.1, 0.15) is 6.61 Å². The van der Waals surface area contributed by atoms with Gasteiger partial charge in [-0.05, 0) is 83.5 Å². The average molecular weight is 918 g/mol. The lowest BCUT2D eigenvalue weighted by atomic mass is 10.0. The number of hydrogen-bond donors (Lipinski definition) is 2. The number of nitrogens with two attached hydrogens (primary N) is 1. The minimum Gasteiger partial charge on any atom is -0.462 e. The van der Waals surface area contributed by atoms with Crippen LogP contribution in [0.5, 0.6) is 0 Å². The molecule has 0 aromatic rings. The molecule has 0 aliphatic carbocycles. The maximum atomic E-state index is 12.7. The molecule has 0 rings (SSSR count). The SMILES string of the molecule is CC/C=C\C/C=C\C/C=C\C/C=C\CCCCCCCCCCCCCCC(=O)OC(COC(=O)CCCCCCCCC/C=C\C/C=C\CCCCCC)COP(=O)(O)OCCN. The largest absolute Gasteiger partial charge is 0.472 e. The summed E-state index contributed by atoms with van der Waals surface area (Å²) in [6, 6.07) is 0. The smallest absolute Gasteiger partial charge is 0.462 e. The fourth-order valence-electron chi connectivity index (χ4n) is 7.01. The van der Waals surface area contributed by atoms with Crippen LogP contribution in [-0.2, 0) is 32.7 Å². The van der Waals surface area contributed by atoms with E-state index in [1.807, 2.05) is 0 Å². The summed E-state index contributed by atoms with van der Waals surface area (Å²) >= 11 is 0. The zero-order valence-electron chi connectivity index (χ0n) is 41.0. The highest BCUT2D eigenvalue weighted by Gasteiger charge is 2.26. The highest BCUT2D eigenvalue weighted by atomic mass is 31.2. The molecule has 2 atom stereocenters. The van der Waals surface area contributed by atoms with Crippen LogP contribution in [0.2, 0.25) is 0 Å². The van der Waals surface area contributed by atoms with Crippen molar-refractivity contribution < 1.29 is 37.6 Å². The van der Waals surface area contributed by atoms with Gasteiger partial charge in [-0.2, -0.15) is 0 Å². The molecule has 0 amide bonds. The predicted octanol–water partition coefficient (Wildman–Crippen LogP) is 15.8. The lowest BCUT2D eigenvalue weighted by Gasteiger charge is -2.19. The van der Waals surface area contributed by atoms with Gasteiger partial charge in [0, 0.05) is 19.4 Å². The van der Waals surface area contributed by atoms with Gasteiger partial charge >= 0.3 is 19.8 Å². The molecule has 0 aromatic heterocycles. The molecule has 0 heterocycles. The Kier molecular flexibility index (Phi) is 47.9. The highest BCUT2D eigenvalue weighted by molar-refractivity contribution is 7.47. The summed E-state index contributed by atoms with van der Waals surface area (Å²) in [4.78, 5) is 35.1. The van der Waals surface area contributed by atoms with Gasteiger partial charge in [-0.15, -0.1) is 0 Å². The van der Waals surface area contributed by atoms with Crippen LogP contribution in [0.25, 0.3) is 0 Å². The summed E-state index contributed by atoms with van der Waals surface area (Å²) in [6.45, 7) is 3.61. The third-order valence-electron chi connectivity index (χ3n) is 10.8. The number of allylic oxidation sites excluding steroid dienone is 12. The fourth-order valence-corrected chi connectivity index (χ4v) is 7.77. The zero-order chi connectivity index (χ0) is 46.7. The van der Waals surface area contributed by atoms with E-state index in [1.54, 1.807) is 0 Å². The van der Waals surface area contributed by atoms with Crippen molar-refractivity contribution in [2.45, 2.75) is 232 Å². The standard InChI is InChI=1S/C54H96NO8P/c1-3-5-7-9-11-13-15-17-19-21-23-24-25-26-27-28-29-31-33-35-37-39-41-43-45-47-54(57)63-52(51-62-64(58,59)61-49-48-55)50-60-53(56)46-44-42-40-38-36-34-32-30-22-20-18-16-14-12-10-8-6-4-2/h5,7,11,13-14,16-17,19-20,22-24,52H,3-4,6,8-10,12,15,18,21,25-51,55H2,1-2H3,(H,58,59)/b7-5-,13-11-,16-14-,19-17-,22-20-,24-23-. The Morgan fingerprint density at radius 3 is 1.28 bits per heavy atom. The van der Waals surface area contributed by atoms with Crippen molar-refractivity contribution in [3.8, 4) is 0 Å². The molecule has 0 spiro atoms. The first-order valence-electron chi connectivity index (χ1n) is 25.9. The Bertz CT molecular complexity index is 1280. The molecule has 64 heavy (non-hydrogen) atoms. The number of carbonyl (C=O) groups is 2. The van der Waals surface area contributed by atoms with E-state index in [2.05, 4.69) is 86.8 Å². The minimum absolute atomic E-state index is 0.0494. The molecule has 0 radical (unpaired) electrons. The molecule has 0 saturated heterocycles. The van der Waals surface area contributed by atoms with E-state index in [9.17, 15) is 19.0 Å². The second-order valence-electron chi connectivity index (χ2n) is 17.0. The summed E-state index contributed by atoms with van der Waals surface area (Å²) < 4.78 is 32.9. The van der Waals surface area contributed by atoms with Crippen LogP contribution in [-0.4, -0.2) is 49.3 Å². The van der Waals surface area contributed by atoms with Crippen LogP contribution < -0.4 is 5.73 Å². The third kappa shape index (κ3) is 48.9. The van der Waals surface area contributed by atoms with Crippen LogP contribution in [0.15, 0.2) is 72.9 Å². The van der Waals surface area contributed by atoms with Gasteiger partial charge in [-0.3, -0.25) is 18.6 Å². The number of phosphoric acid groups is 1. The molecular weight excluding hydrogens is 822 g/mol.